The lowest BCUT2D eigenvalue weighted by Gasteiger charge is -2.34. The van der Waals surface area contributed by atoms with Crippen molar-refractivity contribution in [3.05, 3.63) is 23.9 Å². The minimum absolute atomic E-state index is 0.0167. The first-order chi connectivity index (χ1) is 6.90. The second-order valence-corrected chi connectivity index (χ2v) is 3.83. The van der Waals surface area contributed by atoms with E-state index in [-0.39, 0.29) is 5.92 Å². The van der Waals surface area contributed by atoms with Crippen LogP contribution in [0.25, 0.3) is 0 Å². The van der Waals surface area contributed by atoms with Gasteiger partial charge in [0.2, 0.25) is 11.8 Å². The van der Waals surface area contributed by atoms with E-state index in [0.717, 1.165) is 0 Å². The zero-order valence-electron chi connectivity index (χ0n) is 8.78. The molecule has 0 saturated carbocycles. The number of nitrogens with one attached hydrogen (secondary N) is 1. The molecule has 1 unspecified atom stereocenters. The van der Waals surface area contributed by atoms with E-state index in [9.17, 15) is 9.59 Å². The van der Waals surface area contributed by atoms with Gasteiger partial charge in [-0.2, -0.15) is 0 Å². The zero-order valence-corrected chi connectivity index (χ0v) is 8.78. The molecule has 0 aromatic heterocycles. The van der Waals surface area contributed by atoms with Crippen LogP contribution in [0.1, 0.15) is 13.8 Å². The van der Waals surface area contributed by atoms with E-state index >= 15 is 0 Å². The highest BCUT2D eigenvalue weighted by Gasteiger charge is 2.38. The van der Waals surface area contributed by atoms with Crippen molar-refractivity contribution in [2.45, 2.75) is 19.4 Å². The van der Waals surface area contributed by atoms with Crippen molar-refractivity contribution in [2.24, 2.45) is 17.4 Å². The summed E-state index contributed by atoms with van der Waals surface area (Å²) in [7, 11) is 0. The third-order valence-corrected chi connectivity index (χ3v) is 2.60. The topological polar surface area (TPSA) is 98.2 Å². The first-order valence-corrected chi connectivity index (χ1v) is 4.67. The average molecular weight is 209 g/mol. The second kappa shape index (κ2) is 3.76. The molecule has 5 nitrogen and oxygen atoms in total. The molecule has 15 heavy (non-hydrogen) atoms. The van der Waals surface area contributed by atoms with E-state index in [1.165, 1.54) is 12.3 Å². The van der Waals surface area contributed by atoms with Crippen LogP contribution in [0.5, 0.6) is 0 Å². The molecule has 2 amide bonds. The number of hydrogen-bond donors (Lipinski definition) is 3. The molecule has 0 aliphatic carbocycles. The molecule has 0 spiro atoms. The molecule has 0 bridgehead atoms. The van der Waals surface area contributed by atoms with Crippen molar-refractivity contribution in [3.8, 4) is 0 Å². The fraction of sp³-hybridized carbons (Fsp3) is 0.400. The van der Waals surface area contributed by atoms with Gasteiger partial charge in [-0.15, -0.1) is 0 Å². The molecule has 1 rings (SSSR count). The fourth-order valence-electron chi connectivity index (χ4n) is 1.46. The predicted octanol–water partition coefficient (Wildman–Crippen LogP) is -0.605. The molecular weight excluding hydrogens is 194 g/mol. The van der Waals surface area contributed by atoms with Crippen LogP contribution in [-0.2, 0) is 9.59 Å². The van der Waals surface area contributed by atoms with E-state index in [1.54, 1.807) is 6.08 Å². The lowest BCUT2D eigenvalue weighted by Crippen LogP contribution is -2.57. The van der Waals surface area contributed by atoms with Crippen LogP contribution in [0.15, 0.2) is 23.9 Å². The van der Waals surface area contributed by atoms with Crippen molar-refractivity contribution in [2.75, 3.05) is 0 Å². The van der Waals surface area contributed by atoms with Gasteiger partial charge in [0, 0.05) is 6.20 Å². The van der Waals surface area contributed by atoms with Crippen LogP contribution in [-0.4, -0.2) is 17.4 Å². The molecule has 0 fully saturated rings. The van der Waals surface area contributed by atoms with Gasteiger partial charge in [0.15, 0.2) is 0 Å². The summed E-state index contributed by atoms with van der Waals surface area (Å²) in [6, 6.07) is 0. The zero-order chi connectivity index (χ0) is 11.6. The smallest absolute Gasteiger partial charge is 0.250 e. The monoisotopic (exact) mass is 209 g/mol. The van der Waals surface area contributed by atoms with Gasteiger partial charge in [0.25, 0.3) is 0 Å². The van der Waals surface area contributed by atoms with Crippen LogP contribution in [0.2, 0.25) is 0 Å². The quantitative estimate of drug-likeness (QED) is 0.578. The van der Waals surface area contributed by atoms with Crippen molar-refractivity contribution < 1.29 is 9.59 Å². The van der Waals surface area contributed by atoms with Crippen LogP contribution in [0.3, 0.4) is 0 Å². The Hall–Kier alpha value is -1.78. The Morgan fingerprint density at radius 3 is 2.27 bits per heavy atom. The standard InChI is InChI=1S/C10H15N3O2/c1-6(2)10(9(12)15)4-3-7(5-13-10)8(11)14/h3-6,13H,1-2H3,(H2,11,14)(H2,12,15). The number of nitrogens with two attached hydrogens (primary N) is 2. The van der Waals surface area contributed by atoms with E-state index in [2.05, 4.69) is 5.32 Å². The molecule has 1 atom stereocenters. The number of amides is 2. The van der Waals surface area contributed by atoms with Gasteiger partial charge in [0.05, 0.1) is 5.57 Å². The summed E-state index contributed by atoms with van der Waals surface area (Å²) < 4.78 is 0. The molecule has 0 aromatic carbocycles. The summed E-state index contributed by atoms with van der Waals surface area (Å²) in [6.07, 6.45) is 4.52. The van der Waals surface area contributed by atoms with E-state index in [0.29, 0.717) is 5.57 Å². The van der Waals surface area contributed by atoms with Crippen molar-refractivity contribution >= 4 is 11.8 Å². The Morgan fingerprint density at radius 2 is 2.00 bits per heavy atom. The lowest BCUT2D eigenvalue weighted by molar-refractivity contribution is -0.124. The molecule has 5 heteroatoms. The molecule has 82 valence electrons. The summed E-state index contributed by atoms with van der Waals surface area (Å²) >= 11 is 0. The van der Waals surface area contributed by atoms with Crippen LogP contribution < -0.4 is 16.8 Å². The molecule has 5 N–H and O–H groups in total. The normalized spacial score (nSPS) is 24.6. The lowest BCUT2D eigenvalue weighted by atomic mass is 9.83. The maximum atomic E-state index is 11.4. The third kappa shape index (κ3) is 1.86. The summed E-state index contributed by atoms with van der Waals surface area (Å²) in [5, 5.41) is 2.84. The van der Waals surface area contributed by atoms with Crippen molar-refractivity contribution in [1.82, 2.24) is 5.32 Å². The molecule has 1 aliphatic heterocycles. The molecular formula is C10H15N3O2. The van der Waals surface area contributed by atoms with E-state index < -0.39 is 17.4 Å². The Kier molecular flexibility index (Phi) is 2.83. The minimum atomic E-state index is -0.932. The molecule has 0 radical (unpaired) electrons. The third-order valence-electron chi connectivity index (χ3n) is 2.60. The highest BCUT2D eigenvalue weighted by Crippen LogP contribution is 2.22. The molecule has 1 aliphatic rings. The number of carbonyl (C=O) groups excluding carboxylic acids is 2. The minimum Gasteiger partial charge on any atom is -0.373 e. The van der Waals surface area contributed by atoms with Gasteiger partial charge in [-0.3, -0.25) is 9.59 Å². The van der Waals surface area contributed by atoms with Gasteiger partial charge >= 0.3 is 0 Å². The molecule has 1 heterocycles. The number of rotatable bonds is 3. The van der Waals surface area contributed by atoms with E-state index in [4.69, 9.17) is 11.5 Å². The first kappa shape index (κ1) is 11.3. The maximum absolute atomic E-state index is 11.4. The number of dihydropyridines is 1. The Bertz CT molecular complexity index is 358. The summed E-state index contributed by atoms with van der Waals surface area (Å²) in [5.41, 5.74) is 9.81. The summed E-state index contributed by atoms with van der Waals surface area (Å²) in [6.45, 7) is 3.73. The van der Waals surface area contributed by atoms with Gasteiger partial charge in [-0.05, 0) is 18.1 Å². The van der Waals surface area contributed by atoms with Crippen LogP contribution >= 0.6 is 0 Å². The van der Waals surface area contributed by atoms with Gasteiger partial charge in [0.1, 0.15) is 5.54 Å². The fourth-order valence-corrected chi connectivity index (χ4v) is 1.46. The number of primary amides is 2. The van der Waals surface area contributed by atoms with Crippen molar-refractivity contribution in [1.29, 1.82) is 0 Å². The van der Waals surface area contributed by atoms with Crippen molar-refractivity contribution in [3.63, 3.8) is 0 Å². The predicted molar refractivity (Wildman–Crippen MR) is 56.3 cm³/mol. The molecule has 0 saturated heterocycles. The first-order valence-electron chi connectivity index (χ1n) is 4.67. The largest absolute Gasteiger partial charge is 0.373 e. The Balaban J connectivity index is 2.99. The maximum Gasteiger partial charge on any atom is 0.250 e. The Morgan fingerprint density at radius 1 is 1.40 bits per heavy atom. The highest BCUT2D eigenvalue weighted by molar-refractivity contribution is 5.96. The average Bonchev–Trinajstić information content (AvgIpc) is 2.17. The number of carbonyl (C=O) groups is 2. The SMILES string of the molecule is CC(C)C1(C(N)=O)C=CC(C(N)=O)=CN1. The Labute approximate surface area is 88.2 Å². The number of hydrogen-bond acceptors (Lipinski definition) is 3. The highest BCUT2D eigenvalue weighted by atomic mass is 16.2. The van der Waals surface area contributed by atoms with Gasteiger partial charge in [-0.1, -0.05) is 13.8 Å². The van der Waals surface area contributed by atoms with Crippen LogP contribution in [0.4, 0.5) is 0 Å². The second-order valence-electron chi connectivity index (χ2n) is 3.83. The molecule has 0 aromatic rings. The van der Waals surface area contributed by atoms with Gasteiger partial charge < -0.3 is 16.8 Å². The van der Waals surface area contributed by atoms with Gasteiger partial charge in [-0.25, -0.2) is 0 Å². The summed E-state index contributed by atoms with van der Waals surface area (Å²) in [5.74, 6) is -1.04. The van der Waals surface area contributed by atoms with E-state index in [1.807, 2.05) is 13.8 Å². The van der Waals surface area contributed by atoms with Crippen LogP contribution in [0, 0.1) is 5.92 Å². The summed E-state index contributed by atoms with van der Waals surface area (Å²) in [4.78, 5) is 22.2.